The van der Waals surface area contributed by atoms with Crippen molar-refractivity contribution in [3.63, 3.8) is 0 Å². The number of nitrogens with one attached hydrogen (secondary N) is 1. The molecular weight excluding hydrogens is 168 g/mol. The van der Waals surface area contributed by atoms with Crippen LogP contribution in [0.3, 0.4) is 0 Å². The molecule has 13 heavy (non-hydrogen) atoms. The van der Waals surface area contributed by atoms with Crippen molar-refractivity contribution in [2.24, 2.45) is 0 Å². The lowest BCUT2D eigenvalue weighted by Crippen LogP contribution is -2.11. The van der Waals surface area contributed by atoms with E-state index in [1.54, 1.807) is 19.9 Å². The molecule has 0 radical (unpaired) electrons. The van der Waals surface area contributed by atoms with Crippen molar-refractivity contribution in [2.45, 2.75) is 13.8 Å². The highest BCUT2D eigenvalue weighted by Gasteiger charge is 2.02. The first-order valence-electron chi connectivity index (χ1n) is 3.88. The number of aromatic nitrogens is 4. The van der Waals surface area contributed by atoms with Crippen molar-refractivity contribution in [1.29, 1.82) is 0 Å². The molecule has 0 saturated heterocycles. The van der Waals surface area contributed by atoms with E-state index in [1.165, 1.54) is 0 Å². The maximum atomic E-state index is 11.4. The van der Waals surface area contributed by atoms with Crippen molar-refractivity contribution < 1.29 is 0 Å². The molecule has 0 unspecified atom stereocenters. The van der Waals surface area contributed by atoms with Gasteiger partial charge in [0.05, 0.1) is 11.1 Å². The van der Waals surface area contributed by atoms with Crippen LogP contribution in [0, 0.1) is 13.8 Å². The molecule has 2 aromatic heterocycles. The molecule has 0 saturated carbocycles. The van der Waals surface area contributed by atoms with Crippen molar-refractivity contribution in [2.75, 3.05) is 0 Å². The Bertz CT molecular complexity index is 517. The topological polar surface area (TPSA) is 71.5 Å². The summed E-state index contributed by atoms with van der Waals surface area (Å²) in [5, 5.41) is 8.13. The molecule has 0 aliphatic heterocycles. The molecule has 2 aromatic rings. The first-order valence-corrected chi connectivity index (χ1v) is 3.88. The van der Waals surface area contributed by atoms with E-state index in [0.29, 0.717) is 22.6 Å². The monoisotopic (exact) mass is 176 g/mol. The molecule has 66 valence electrons. The van der Waals surface area contributed by atoms with Gasteiger partial charge in [0.15, 0.2) is 5.65 Å². The predicted octanol–water partition coefficient (Wildman–Crippen LogP) is 0.330. The maximum absolute atomic E-state index is 11.4. The van der Waals surface area contributed by atoms with E-state index in [0.717, 1.165) is 0 Å². The van der Waals surface area contributed by atoms with Crippen LogP contribution in [-0.2, 0) is 0 Å². The summed E-state index contributed by atoms with van der Waals surface area (Å²) in [6.07, 6.45) is 0. The van der Waals surface area contributed by atoms with Crippen molar-refractivity contribution in [1.82, 2.24) is 20.2 Å². The average Bonchev–Trinajstić information content (AvgIpc) is 2.06. The molecule has 0 aromatic carbocycles. The van der Waals surface area contributed by atoms with E-state index in [1.807, 2.05) is 0 Å². The van der Waals surface area contributed by atoms with Crippen molar-refractivity contribution in [3.05, 3.63) is 27.9 Å². The normalized spacial score (nSPS) is 10.6. The fraction of sp³-hybridized carbons (Fsp3) is 0.250. The molecule has 0 aliphatic carbocycles. The number of nitrogens with zero attached hydrogens (tertiary/aromatic N) is 3. The SMILES string of the molecule is Cc1cc2c(=O)[nH]c(C)nc2nn1. The summed E-state index contributed by atoms with van der Waals surface area (Å²) in [4.78, 5) is 18.0. The third kappa shape index (κ3) is 1.28. The smallest absolute Gasteiger partial charge is 0.260 e. The molecule has 0 amide bonds. The maximum Gasteiger partial charge on any atom is 0.260 e. The van der Waals surface area contributed by atoms with E-state index in [-0.39, 0.29) is 5.56 Å². The summed E-state index contributed by atoms with van der Waals surface area (Å²) in [7, 11) is 0. The number of H-pyrrole nitrogens is 1. The number of aromatic amines is 1. The van der Waals surface area contributed by atoms with Crippen molar-refractivity contribution in [3.8, 4) is 0 Å². The highest BCUT2D eigenvalue weighted by Crippen LogP contribution is 2.02. The fourth-order valence-corrected chi connectivity index (χ4v) is 1.15. The lowest BCUT2D eigenvalue weighted by atomic mass is 10.3. The van der Waals surface area contributed by atoms with Crippen LogP contribution in [0.25, 0.3) is 11.0 Å². The van der Waals surface area contributed by atoms with Crippen LogP contribution in [-0.4, -0.2) is 20.2 Å². The number of rotatable bonds is 0. The van der Waals surface area contributed by atoms with Gasteiger partial charge in [0, 0.05) is 0 Å². The number of hydrogen-bond acceptors (Lipinski definition) is 4. The van der Waals surface area contributed by atoms with E-state index in [9.17, 15) is 4.79 Å². The van der Waals surface area contributed by atoms with Gasteiger partial charge in [-0.25, -0.2) is 4.98 Å². The molecule has 0 bridgehead atoms. The zero-order valence-corrected chi connectivity index (χ0v) is 7.33. The second kappa shape index (κ2) is 2.62. The Labute approximate surface area is 73.9 Å². The second-order valence-electron chi connectivity index (χ2n) is 2.87. The van der Waals surface area contributed by atoms with E-state index in [4.69, 9.17) is 0 Å². The largest absolute Gasteiger partial charge is 0.310 e. The van der Waals surface area contributed by atoms with Crippen LogP contribution in [0.2, 0.25) is 0 Å². The van der Waals surface area contributed by atoms with Crippen molar-refractivity contribution >= 4 is 11.0 Å². The lowest BCUT2D eigenvalue weighted by Gasteiger charge is -1.96. The van der Waals surface area contributed by atoms with Gasteiger partial charge in [0.2, 0.25) is 0 Å². The lowest BCUT2D eigenvalue weighted by molar-refractivity contribution is 0.964. The third-order valence-electron chi connectivity index (χ3n) is 1.71. The zero-order chi connectivity index (χ0) is 9.42. The van der Waals surface area contributed by atoms with Crippen LogP contribution in [0.4, 0.5) is 0 Å². The van der Waals surface area contributed by atoms with Crippen LogP contribution in [0.5, 0.6) is 0 Å². The number of fused-ring (bicyclic) bond motifs is 1. The molecule has 0 fully saturated rings. The van der Waals surface area contributed by atoms with Gasteiger partial charge >= 0.3 is 0 Å². The first-order chi connectivity index (χ1) is 6.16. The molecule has 1 N–H and O–H groups in total. The Morgan fingerprint density at radius 3 is 2.85 bits per heavy atom. The van der Waals surface area contributed by atoms with E-state index < -0.39 is 0 Å². The van der Waals surface area contributed by atoms with Gasteiger partial charge in [0.25, 0.3) is 5.56 Å². The number of hydrogen-bond donors (Lipinski definition) is 1. The quantitative estimate of drug-likeness (QED) is 0.627. The Balaban J connectivity index is 2.95. The minimum absolute atomic E-state index is 0.166. The minimum atomic E-state index is -0.166. The van der Waals surface area contributed by atoms with Gasteiger partial charge < -0.3 is 4.98 Å². The first kappa shape index (κ1) is 7.85. The summed E-state index contributed by atoms with van der Waals surface area (Å²) in [5.41, 5.74) is 0.941. The molecule has 2 heterocycles. The Hall–Kier alpha value is -1.78. The highest BCUT2D eigenvalue weighted by atomic mass is 16.1. The van der Waals surface area contributed by atoms with Gasteiger partial charge in [-0.05, 0) is 19.9 Å². The van der Waals surface area contributed by atoms with Crippen LogP contribution in [0.1, 0.15) is 11.5 Å². The molecule has 0 aliphatic rings. The Kier molecular flexibility index (Phi) is 1.58. The van der Waals surface area contributed by atoms with E-state index in [2.05, 4.69) is 20.2 Å². The Morgan fingerprint density at radius 2 is 2.08 bits per heavy atom. The standard InChI is InChI=1S/C8H8N4O/c1-4-3-6-7(12-11-4)9-5(2)10-8(6)13/h3H,1-2H3,(H,9,10,12,13). The van der Waals surface area contributed by atoms with Crippen LogP contribution in [0.15, 0.2) is 10.9 Å². The summed E-state index contributed by atoms with van der Waals surface area (Å²) in [5.74, 6) is 0.552. The average molecular weight is 176 g/mol. The summed E-state index contributed by atoms with van der Waals surface area (Å²) < 4.78 is 0. The Morgan fingerprint density at radius 1 is 1.31 bits per heavy atom. The summed E-state index contributed by atoms with van der Waals surface area (Å²) in [6.45, 7) is 3.49. The van der Waals surface area contributed by atoms with Gasteiger partial charge in [-0.1, -0.05) is 0 Å². The molecular formula is C8H8N4O. The number of aryl methyl sites for hydroxylation is 2. The molecule has 5 nitrogen and oxygen atoms in total. The van der Waals surface area contributed by atoms with Gasteiger partial charge in [-0.3, -0.25) is 4.79 Å². The van der Waals surface area contributed by atoms with Gasteiger partial charge in [0.1, 0.15) is 5.82 Å². The third-order valence-corrected chi connectivity index (χ3v) is 1.71. The zero-order valence-electron chi connectivity index (χ0n) is 7.33. The molecule has 0 spiro atoms. The predicted molar refractivity (Wildman–Crippen MR) is 47.4 cm³/mol. The molecule has 2 rings (SSSR count). The second-order valence-corrected chi connectivity index (χ2v) is 2.87. The highest BCUT2D eigenvalue weighted by molar-refractivity contribution is 5.72. The van der Waals surface area contributed by atoms with Crippen LogP contribution < -0.4 is 5.56 Å². The van der Waals surface area contributed by atoms with E-state index >= 15 is 0 Å². The summed E-state index contributed by atoms with van der Waals surface area (Å²) >= 11 is 0. The minimum Gasteiger partial charge on any atom is -0.310 e. The summed E-state index contributed by atoms with van der Waals surface area (Å²) in [6, 6.07) is 1.67. The molecule has 0 atom stereocenters. The molecule has 5 heteroatoms. The fourth-order valence-electron chi connectivity index (χ4n) is 1.15. The van der Waals surface area contributed by atoms with Crippen LogP contribution >= 0.6 is 0 Å². The van der Waals surface area contributed by atoms with Gasteiger partial charge in [-0.15, -0.1) is 5.10 Å². The van der Waals surface area contributed by atoms with Gasteiger partial charge in [-0.2, -0.15) is 5.10 Å².